The molecule has 4 heteroatoms. The third kappa shape index (κ3) is 4.46. The van der Waals surface area contributed by atoms with Crippen molar-refractivity contribution in [1.29, 1.82) is 0 Å². The predicted molar refractivity (Wildman–Crippen MR) is 111 cm³/mol. The highest BCUT2D eigenvalue weighted by Crippen LogP contribution is 2.34. The molecule has 0 saturated heterocycles. The maximum atomic E-state index is 6.35. The lowest BCUT2D eigenvalue weighted by Crippen LogP contribution is -2.29. The molecule has 1 heterocycles. The molecule has 0 aliphatic heterocycles. The van der Waals surface area contributed by atoms with Gasteiger partial charge in [-0.25, -0.2) is 4.99 Å². The Hall–Kier alpha value is -2.72. The van der Waals surface area contributed by atoms with Gasteiger partial charge in [-0.3, -0.25) is 4.98 Å². The number of pyridine rings is 1. The van der Waals surface area contributed by atoms with E-state index in [0.717, 1.165) is 34.0 Å². The molecular weight excluding hydrogens is 336 g/mol. The van der Waals surface area contributed by atoms with Crippen LogP contribution in [0, 0.1) is 6.92 Å². The largest absolute Gasteiger partial charge is 0.543 e. The number of hydrogen-bond donors (Lipinski definition) is 0. The SMILES string of the molecule is Cc1cccc(N=C(c2ccccc2)c2ccccn2)c1O[Si](C)(C)C. The molecule has 0 bridgehead atoms. The third-order valence-electron chi connectivity index (χ3n) is 3.79. The Balaban J connectivity index is 2.17. The van der Waals surface area contributed by atoms with Crippen molar-refractivity contribution in [2.24, 2.45) is 4.99 Å². The molecule has 0 unspecified atom stereocenters. The lowest BCUT2D eigenvalue weighted by Gasteiger charge is -2.22. The van der Waals surface area contributed by atoms with E-state index in [-0.39, 0.29) is 0 Å². The van der Waals surface area contributed by atoms with Crippen LogP contribution in [0.2, 0.25) is 19.6 Å². The molecule has 0 fully saturated rings. The van der Waals surface area contributed by atoms with Gasteiger partial charge in [-0.15, -0.1) is 0 Å². The van der Waals surface area contributed by atoms with E-state index >= 15 is 0 Å². The van der Waals surface area contributed by atoms with Gasteiger partial charge in [0.25, 0.3) is 0 Å². The average Bonchev–Trinajstić information content (AvgIpc) is 2.63. The third-order valence-corrected chi connectivity index (χ3v) is 4.60. The molecule has 3 rings (SSSR count). The molecule has 0 spiro atoms. The molecule has 132 valence electrons. The highest BCUT2D eigenvalue weighted by atomic mass is 28.4. The van der Waals surface area contributed by atoms with Gasteiger partial charge in [0, 0.05) is 11.8 Å². The number of aliphatic imine (C=N–C) groups is 1. The van der Waals surface area contributed by atoms with Crippen molar-refractivity contribution in [3.05, 3.63) is 89.7 Å². The van der Waals surface area contributed by atoms with Crippen molar-refractivity contribution in [1.82, 2.24) is 4.98 Å². The Kier molecular flexibility index (Phi) is 5.33. The highest BCUT2D eigenvalue weighted by Gasteiger charge is 2.20. The summed E-state index contributed by atoms with van der Waals surface area (Å²) in [6, 6.07) is 22.1. The maximum Gasteiger partial charge on any atom is 0.242 e. The van der Waals surface area contributed by atoms with E-state index < -0.39 is 8.32 Å². The molecule has 0 aliphatic rings. The zero-order chi connectivity index (χ0) is 18.6. The molecule has 0 amide bonds. The van der Waals surface area contributed by atoms with E-state index in [0.29, 0.717) is 0 Å². The molecule has 0 saturated carbocycles. The van der Waals surface area contributed by atoms with Crippen LogP contribution < -0.4 is 4.43 Å². The minimum absolute atomic E-state index is 0.844. The number of benzene rings is 2. The Morgan fingerprint density at radius 1 is 0.885 bits per heavy atom. The molecule has 0 N–H and O–H groups in total. The highest BCUT2D eigenvalue weighted by molar-refractivity contribution is 6.70. The van der Waals surface area contributed by atoms with Crippen LogP contribution in [0.15, 0.2) is 77.9 Å². The number of aromatic nitrogens is 1. The normalized spacial score (nSPS) is 12.1. The zero-order valence-corrected chi connectivity index (χ0v) is 16.7. The monoisotopic (exact) mass is 360 g/mol. The fourth-order valence-corrected chi connectivity index (χ4v) is 3.53. The van der Waals surface area contributed by atoms with Crippen molar-refractivity contribution in [2.45, 2.75) is 26.6 Å². The Labute approximate surface area is 156 Å². The number of aryl methyl sites for hydroxylation is 1. The van der Waals surface area contributed by atoms with Crippen LogP contribution >= 0.6 is 0 Å². The van der Waals surface area contributed by atoms with E-state index in [4.69, 9.17) is 9.42 Å². The summed E-state index contributed by atoms with van der Waals surface area (Å²) in [5.74, 6) is 0.871. The fourth-order valence-electron chi connectivity index (χ4n) is 2.65. The van der Waals surface area contributed by atoms with E-state index in [1.807, 2.05) is 48.5 Å². The van der Waals surface area contributed by atoms with Gasteiger partial charge in [0.15, 0.2) is 0 Å². The van der Waals surface area contributed by atoms with Gasteiger partial charge in [0.2, 0.25) is 8.32 Å². The van der Waals surface area contributed by atoms with Crippen LogP contribution in [0.5, 0.6) is 5.75 Å². The van der Waals surface area contributed by atoms with Crippen LogP contribution in [-0.2, 0) is 0 Å². The predicted octanol–water partition coefficient (Wildman–Crippen LogP) is 5.77. The Morgan fingerprint density at radius 2 is 1.62 bits per heavy atom. The maximum absolute atomic E-state index is 6.35. The quantitative estimate of drug-likeness (QED) is 0.427. The summed E-state index contributed by atoms with van der Waals surface area (Å²) in [4.78, 5) is 9.51. The second-order valence-corrected chi connectivity index (χ2v) is 11.6. The number of rotatable bonds is 5. The van der Waals surface area contributed by atoms with Crippen LogP contribution in [0.1, 0.15) is 16.8 Å². The van der Waals surface area contributed by atoms with E-state index in [1.54, 1.807) is 6.20 Å². The van der Waals surface area contributed by atoms with Crippen molar-refractivity contribution >= 4 is 19.7 Å². The van der Waals surface area contributed by atoms with Gasteiger partial charge in [-0.2, -0.15) is 0 Å². The van der Waals surface area contributed by atoms with Gasteiger partial charge >= 0.3 is 0 Å². The topological polar surface area (TPSA) is 34.5 Å². The molecule has 3 nitrogen and oxygen atoms in total. The van der Waals surface area contributed by atoms with Crippen molar-refractivity contribution in [3.8, 4) is 5.75 Å². The molecule has 0 atom stereocenters. The molecule has 26 heavy (non-hydrogen) atoms. The van der Waals surface area contributed by atoms with E-state index in [1.165, 1.54) is 0 Å². The fraction of sp³-hybridized carbons (Fsp3) is 0.182. The van der Waals surface area contributed by atoms with E-state index in [9.17, 15) is 0 Å². The van der Waals surface area contributed by atoms with Crippen LogP contribution in [0.3, 0.4) is 0 Å². The molecule has 2 aromatic carbocycles. The second kappa shape index (κ2) is 7.66. The number of hydrogen-bond acceptors (Lipinski definition) is 3. The molecule has 0 aliphatic carbocycles. The van der Waals surface area contributed by atoms with Crippen LogP contribution in [0.25, 0.3) is 0 Å². The van der Waals surface area contributed by atoms with Gasteiger partial charge in [-0.05, 0) is 50.3 Å². The van der Waals surface area contributed by atoms with Crippen LogP contribution in [0.4, 0.5) is 5.69 Å². The first-order valence-corrected chi connectivity index (χ1v) is 12.2. The average molecular weight is 361 g/mol. The van der Waals surface area contributed by atoms with Gasteiger partial charge in [-0.1, -0.05) is 48.5 Å². The molecular formula is C22H24N2OSi. The minimum Gasteiger partial charge on any atom is -0.543 e. The van der Waals surface area contributed by atoms with E-state index in [2.05, 4.69) is 49.7 Å². The minimum atomic E-state index is -1.76. The summed E-state index contributed by atoms with van der Waals surface area (Å²) < 4.78 is 6.35. The van der Waals surface area contributed by atoms with Gasteiger partial charge in [0.1, 0.15) is 11.4 Å². The first kappa shape index (κ1) is 18.1. The number of nitrogens with zero attached hydrogens (tertiary/aromatic N) is 2. The first-order chi connectivity index (χ1) is 12.4. The number of para-hydroxylation sites is 1. The molecule has 1 aromatic heterocycles. The molecule has 0 radical (unpaired) electrons. The van der Waals surface area contributed by atoms with Gasteiger partial charge < -0.3 is 4.43 Å². The lowest BCUT2D eigenvalue weighted by atomic mass is 10.1. The molecule has 3 aromatic rings. The summed E-state index contributed by atoms with van der Waals surface area (Å²) in [6.45, 7) is 8.62. The van der Waals surface area contributed by atoms with Crippen molar-refractivity contribution in [3.63, 3.8) is 0 Å². The van der Waals surface area contributed by atoms with Crippen molar-refractivity contribution in [2.75, 3.05) is 0 Å². The van der Waals surface area contributed by atoms with Crippen LogP contribution in [-0.4, -0.2) is 19.0 Å². The van der Waals surface area contributed by atoms with Crippen molar-refractivity contribution < 1.29 is 4.43 Å². The Morgan fingerprint density at radius 3 is 2.27 bits per heavy atom. The lowest BCUT2D eigenvalue weighted by molar-refractivity contribution is 0.554. The Bertz CT molecular complexity index is 859. The van der Waals surface area contributed by atoms with Gasteiger partial charge in [0.05, 0.1) is 11.4 Å². The summed E-state index contributed by atoms with van der Waals surface area (Å²) in [5.41, 5.74) is 4.67. The zero-order valence-electron chi connectivity index (χ0n) is 15.7. The summed E-state index contributed by atoms with van der Waals surface area (Å²) in [6.07, 6.45) is 1.80. The standard InChI is InChI=1S/C22H24N2OSi/c1-17-11-10-15-20(22(17)25-26(2,3)4)24-21(18-12-6-5-7-13-18)19-14-8-9-16-23-19/h5-16H,1-4H3. The second-order valence-electron chi connectivity index (χ2n) is 7.18. The summed E-state index contributed by atoms with van der Waals surface area (Å²) >= 11 is 0. The smallest absolute Gasteiger partial charge is 0.242 e. The summed E-state index contributed by atoms with van der Waals surface area (Å²) in [5, 5.41) is 0. The summed E-state index contributed by atoms with van der Waals surface area (Å²) in [7, 11) is -1.76. The first-order valence-electron chi connectivity index (χ1n) is 8.78.